The number of nitro groups is 1. The first-order valence-electron chi connectivity index (χ1n) is 6.21. The average Bonchev–Trinajstić information content (AvgIpc) is 2.82. The van der Waals surface area contributed by atoms with E-state index in [1.165, 1.54) is 25.9 Å². The molecule has 0 saturated carbocycles. The second-order valence-electron chi connectivity index (χ2n) is 4.58. The van der Waals surface area contributed by atoms with Crippen LogP contribution in [0, 0.1) is 10.1 Å². The third-order valence-corrected chi connectivity index (χ3v) is 3.26. The third kappa shape index (κ3) is 3.53. The molecule has 1 aliphatic heterocycles. The fraction of sp³-hybridized carbons (Fsp3) is 0.538. The number of non-ortho nitro benzene ring substituents is 1. The molecule has 4 nitrogen and oxygen atoms in total. The second kappa shape index (κ2) is 5.77. The Morgan fingerprint density at radius 2 is 2.06 bits per heavy atom. The van der Waals surface area contributed by atoms with Gasteiger partial charge in [0.1, 0.15) is 0 Å². The van der Waals surface area contributed by atoms with Crippen LogP contribution in [0.1, 0.15) is 24.8 Å². The van der Waals surface area contributed by atoms with Crippen molar-refractivity contribution in [1.29, 1.82) is 0 Å². The van der Waals surface area contributed by atoms with Gasteiger partial charge in [0.15, 0.2) is 0 Å². The highest BCUT2D eigenvalue weighted by Gasteiger charge is 2.11. The summed E-state index contributed by atoms with van der Waals surface area (Å²) in [6, 6.07) is 6.97. The maximum atomic E-state index is 10.6. The number of nitro benzene ring substituents is 1. The van der Waals surface area contributed by atoms with Crippen molar-refractivity contribution < 1.29 is 4.92 Å². The third-order valence-electron chi connectivity index (χ3n) is 3.26. The van der Waals surface area contributed by atoms with E-state index < -0.39 is 0 Å². The normalized spacial score (nSPS) is 16.2. The van der Waals surface area contributed by atoms with Gasteiger partial charge in [-0.25, -0.2) is 0 Å². The van der Waals surface area contributed by atoms with Gasteiger partial charge in [-0.05, 0) is 50.9 Å². The van der Waals surface area contributed by atoms with Gasteiger partial charge in [-0.3, -0.25) is 10.1 Å². The Morgan fingerprint density at radius 1 is 1.29 bits per heavy atom. The predicted octanol–water partition coefficient (Wildman–Crippen LogP) is 2.62. The van der Waals surface area contributed by atoms with E-state index in [4.69, 9.17) is 0 Å². The number of nitrogens with zero attached hydrogens (tertiary/aromatic N) is 2. The predicted molar refractivity (Wildman–Crippen MR) is 67.1 cm³/mol. The molecular formula is C13H18N2O2. The number of rotatable bonds is 5. The highest BCUT2D eigenvalue weighted by Crippen LogP contribution is 2.15. The Morgan fingerprint density at radius 3 is 2.76 bits per heavy atom. The summed E-state index contributed by atoms with van der Waals surface area (Å²) < 4.78 is 0. The maximum absolute atomic E-state index is 10.6. The van der Waals surface area contributed by atoms with Crippen LogP contribution in [0.3, 0.4) is 0 Å². The monoisotopic (exact) mass is 234 g/mol. The van der Waals surface area contributed by atoms with Crippen molar-refractivity contribution in [2.45, 2.75) is 25.7 Å². The molecule has 0 spiro atoms. The molecule has 0 atom stereocenters. The lowest BCUT2D eigenvalue weighted by atomic mass is 10.1. The van der Waals surface area contributed by atoms with Crippen molar-refractivity contribution in [3.8, 4) is 0 Å². The molecule has 0 bridgehead atoms. The molecule has 2 rings (SSSR count). The molecule has 1 saturated heterocycles. The minimum Gasteiger partial charge on any atom is -0.303 e. The molecule has 0 unspecified atom stereocenters. The summed E-state index contributed by atoms with van der Waals surface area (Å²) in [5, 5.41) is 10.6. The van der Waals surface area contributed by atoms with Crippen LogP contribution < -0.4 is 0 Å². The van der Waals surface area contributed by atoms with Gasteiger partial charge in [-0.1, -0.05) is 12.1 Å². The van der Waals surface area contributed by atoms with Crippen LogP contribution in [0.2, 0.25) is 0 Å². The zero-order valence-corrected chi connectivity index (χ0v) is 9.97. The molecule has 0 amide bonds. The molecular weight excluding hydrogens is 216 g/mol. The lowest BCUT2D eigenvalue weighted by Crippen LogP contribution is -2.20. The molecule has 0 radical (unpaired) electrons. The maximum Gasteiger partial charge on any atom is 0.269 e. The summed E-state index contributed by atoms with van der Waals surface area (Å²) in [5.41, 5.74) is 1.27. The van der Waals surface area contributed by atoms with Crippen LogP contribution in [0.25, 0.3) is 0 Å². The van der Waals surface area contributed by atoms with Gasteiger partial charge in [-0.15, -0.1) is 0 Å². The Kier molecular flexibility index (Phi) is 4.09. The molecule has 92 valence electrons. The zero-order valence-electron chi connectivity index (χ0n) is 9.97. The zero-order chi connectivity index (χ0) is 12.1. The van der Waals surface area contributed by atoms with Gasteiger partial charge in [0.2, 0.25) is 0 Å². The largest absolute Gasteiger partial charge is 0.303 e. The van der Waals surface area contributed by atoms with Crippen LogP contribution in [0.5, 0.6) is 0 Å². The molecule has 4 heteroatoms. The first kappa shape index (κ1) is 12.0. The number of benzene rings is 1. The Balaban J connectivity index is 1.81. The van der Waals surface area contributed by atoms with Crippen molar-refractivity contribution in [2.24, 2.45) is 0 Å². The summed E-state index contributed by atoms with van der Waals surface area (Å²) >= 11 is 0. The lowest BCUT2D eigenvalue weighted by molar-refractivity contribution is -0.384. The molecule has 1 aliphatic rings. The van der Waals surface area contributed by atoms with E-state index in [-0.39, 0.29) is 10.6 Å². The number of hydrogen-bond donors (Lipinski definition) is 0. The van der Waals surface area contributed by atoms with Gasteiger partial charge in [-0.2, -0.15) is 0 Å². The highest BCUT2D eigenvalue weighted by molar-refractivity contribution is 5.34. The van der Waals surface area contributed by atoms with Gasteiger partial charge in [0.05, 0.1) is 4.92 Å². The quantitative estimate of drug-likeness (QED) is 0.581. The topological polar surface area (TPSA) is 46.4 Å². The van der Waals surface area contributed by atoms with Gasteiger partial charge in [0, 0.05) is 12.1 Å². The van der Waals surface area contributed by atoms with Crippen LogP contribution >= 0.6 is 0 Å². The standard InChI is InChI=1S/C13H18N2O2/c16-15(17)13-7-3-5-12(11-13)6-4-10-14-8-1-2-9-14/h3,5,7,11H,1-2,4,6,8-10H2. The van der Waals surface area contributed by atoms with E-state index in [9.17, 15) is 10.1 Å². The van der Waals surface area contributed by atoms with Crippen molar-refractivity contribution in [1.82, 2.24) is 4.90 Å². The fourth-order valence-corrected chi connectivity index (χ4v) is 2.34. The summed E-state index contributed by atoms with van der Waals surface area (Å²) in [4.78, 5) is 12.8. The molecule has 17 heavy (non-hydrogen) atoms. The first-order chi connectivity index (χ1) is 8.25. The van der Waals surface area contributed by atoms with Crippen LogP contribution in [0.4, 0.5) is 5.69 Å². The minimum atomic E-state index is -0.329. The molecule has 1 aromatic rings. The summed E-state index contributed by atoms with van der Waals surface area (Å²) in [5.74, 6) is 0. The van der Waals surface area contributed by atoms with E-state index in [0.29, 0.717) is 0 Å². The SMILES string of the molecule is O=[N+]([O-])c1cccc(CCCN2CCCC2)c1. The Hall–Kier alpha value is -1.42. The van der Waals surface area contributed by atoms with Gasteiger partial charge < -0.3 is 4.90 Å². The smallest absolute Gasteiger partial charge is 0.269 e. The molecule has 0 aromatic heterocycles. The molecule has 1 heterocycles. The summed E-state index contributed by atoms with van der Waals surface area (Å²) in [7, 11) is 0. The minimum absolute atomic E-state index is 0.198. The highest BCUT2D eigenvalue weighted by atomic mass is 16.6. The van der Waals surface area contributed by atoms with Crippen LogP contribution in [-0.2, 0) is 6.42 Å². The Bertz CT molecular complexity index is 387. The summed E-state index contributed by atoms with van der Waals surface area (Å²) in [6.45, 7) is 3.55. The summed E-state index contributed by atoms with van der Waals surface area (Å²) in [6.07, 6.45) is 4.65. The van der Waals surface area contributed by atoms with Crippen molar-refractivity contribution in [3.05, 3.63) is 39.9 Å². The van der Waals surface area contributed by atoms with E-state index in [0.717, 1.165) is 24.9 Å². The van der Waals surface area contributed by atoms with E-state index in [1.807, 2.05) is 6.07 Å². The first-order valence-corrected chi connectivity index (χ1v) is 6.21. The molecule has 0 aliphatic carbocycles. The Labute approximate surface area is 101 Å². The number of aryl methyl sites for hydroxylation is 1. The molecule has 1 fully saturated rings. The second-order valence-corrected chi connectivity index (χ2v) is 4.58. The van der Waals surface area contributed by atoms with Crippen LogP contribution in [-0.4, -0.2) is 29.5 Å². The number of likely N-dealkylation sites (tertiary alicyclic amines) is 1. The fourth-order valence-electron chi connectivity index (χ4n) is 2.34. The lowest BCUT2D eigenvalue weighted by Gasteiger charge is -2.13. The van der Waals surface area contributed by atoms with Crippen molar-refractivity contribution in [3.63, 3.8) is 0 Å². The van der Waals surface area contributed by atoms with Crippen molar-refractivity contribution in [2.75, 3.05) is 19.6 Å². The molecule has 0 N–H and O–H groups in total. The van der Waals surface area contributed by atoms with E-state index in [2.05, 4.69) is 4.90 Å². The van der Waals surface area contributed by atoms with Gasteiger partial charge in [0.25, 0.3) is 5.69 Å². The van der Waals surface area contributed by atoms with Gasteiger partial charge >= 0.3 is 0 Å². The van der Waals surface area contributed by atoms with Crippen molar-refractivity contribution >= 4 is 5.69 Å². The van der Waals surface area contributed by atoms with E-state index in [1.54, 1.807) is 18.2 Å². The van der Waals surface area contributed by atoms with E-state index >= 15 is 0 Å². The number of hydrogen-bond acceptors (Lipinski definition) is 3. The average molecular weight is 234 g/mol. The molecule has 1 aromatic carbocycles. The van der Waals surface area contributed by atoms with Crippen LogP contribution in [0.15, 0.2) is 24.3 Å².